The van der Waals surface area contributed by atoms with Gasteiger partial charge < -0.3 is 18.9 Å². The highest BCUT2D eigenvalue weighted by molar-refractivity contribution is 7.81. The third kappa shape index (κ3) is 24.9. The van der Waals surface area contributed by atoms with E-state index in [1.807, 2.05) is 13.0 Å². The lowest BCUT2D eigenvalue weighted by Gasteiger charge is -2.18. The van der Waals surface area contributed by atoms with Crippen LogP contribution in [0.5, 0.6) is 0 Å². The Balaban J connectivity index is 0.000000139. The first-order valence-corrected chi connectivity index (χ1v) is 43.5. The zero-order valence-electron chi connectivity index (χ0n) is 61.3. The maximum absolute atomic E-state index is 8.93. The second-order valence-electron chi connectivity index (χ2n) is 24.8. The summed E-state index contributed by atoms with van der Waals surface area (Å²) in [5.74, 6) is 0. The van der Waals surface area contributed by atoms with Crippen molar-refractivity contribution in [3.05, 3.63) is 452 Å². The van der Waals surface area contributed by atoms with Crippen LogP contribution < -0.4 is 69.1 Å². The molecule has 0 atom stereocenters. The zero-order chi connectivity index (χ0) is 75.2. The highest BCUT2D eigenvalue weighted by Crippen LogP contribution is 2.36. The lowest BCUT2D eigenvalue weighted by molar-refractivity contribution is 0.335. The molecule has 0 spiro atoms. The Morgan fingerprint density at radius 2 is 0.463 bits per heavy atom. The average molecular weight is 1510 g/mol. The zero-order valence-corrected chi connectivity index (χ0v) is 66.9. The van der Waals surface area contributed by atoms with Crippen LogP contribution in [-0.4, -0.2) is 48.3 Å². The van der Waals surface area contributed by atoms with E-state index in [0.29, 0.717) is 28.1 Å². The molecule has 532 valence electrons. The molecule has 0 aromatic heterocycles. The van der Waals surface area contributed by atoms with Crippen LogP contribution in [0.4, 0.5) is 0 Å². The van der Waals surface area contributed by atoms with E-state index in [9.17, 15) is 0 Å². The van der Waals surface area contributed by atoms with Gasteiger partial charge in [-0.3, -0.25) is 0 Å². The van der Waals surface area contributed by atoms with Gasteiger partial charge in [-0.05, 0) is 155 Å². The second kappa shape index (κ2) is 44.8. The van der Waals surface area contributed by atoms with Crippen molar-refractivity contribution in [2.75, 3.05) is 0 Å². The van der Waals surface area contributed by atoms with E-state index in [1.165, 1.54) is 91.5 Å². The Labute approximate surface area is 650 Å². The smallest absolute Gasteiger partial charge is 0.488 e. The average Bonchev–Trinajstić information content (AvgIpc) is 0.812. The molecule has 0 aliphatic rings. The monoisotopic (exact) mass is 1510 g/mol. The maximum Gasteiger partial charge on any atom is 0.488 e. The fourth-order valence-corrected chi connectivity index (χ4v) is 21.6. The van der Waals surface area contributed by atoms with Gasteiger partial charge in [-0.25, -0.2) is 0 Å². The minimum atomic E-state index is -1.40. The van der Waals surface area contributed by atoms with E-state index < -0.39 is 38.8 Å². The fourth-order valence-electron chi connectivity index (χ4n) is 11.9. The maximum atomic E-state index is 8.93. The summed E-state index contributed by atoms with van der Waals surface area (Å²) in [7, 11) is -2.67. The van der Waals surface area contributed by atoms with E-state index in [-0.39, 0.29) is 9.38 Å². The van der Waals surface area contributed by atoms with Crippen LogP contribution in [0.25, 0.3) is 11.1 Å². The van der Waals surface area contributed by atoms with Crippen LogP contribution in [-0.2, 0) is 22.1 Å². The van der Waals surface area contributed by atoms with Gasteiger partial charge >= 0.3 is 7.12 Å². The van der Waals surface area contributed by atoms with Crippen molar-refractivity contribution < 1.29 is 18.9 Å². The van der Waals surface area contributed by atoms with E-state index in [2.05, 4.69) is 433 Å². The van der Waals surface area contributed by atoms with Gasteiger partial charge in [0, 0.05) is 0 Å². The first-order valence-electron chi connectivity index (χ1n) is 35.9. The molecule has 0 unspecified atom stereocenters. The summed E-state index contributed by atoms with van der Waals surface area (Å²) in [5, 5.41) is 34.6. The number of benzene rings is 15. The topological polar surface area (TPSA) is 58.9 Å². The van der Waals surface area contributed by atoms with Crippen LogP contribution in [0.3, 0.4) is 0 Å². The Hall–Kier alpha value is -10.2. The summed E-state index contributed by atoms with van der Waals surface area (Å²) < 4.78 is 10.6. The van der Waals surface area contributed by atoms with Crippen LogP contribution in [0, 0.1) is 20.8 Å². The molecule has 0 bridgehead atoms. The molecular weight excluding hydrogens is 1420 g/mol. The number of rotatable bonds is 20. The fraction of sp³-hybridized carbons (Fsp3) is 0.0515. The van der Waals surface area contributed by atoms with Crippen molar-refractivity contribution in [1.82, 2.24) is 0 Å². The molecule has 108 heavy (non-hydrogen) atoms. The van der Waals surface area contributed by atoms with Gasteiger partial charge in [-0.15, -0.1) is 0 Å². The highest BCUT2D eigenvalue weighted by atomic mass is 31.1. The summed E-state index contributed by atoms with van der Waals surface area (Å²) in [6.45, 7) is 7.34. The molecule has 11 heteroatoms. The Bertz CT molecular complexity index is 4170. The molecular formula is C97H89BO4P4Si2. The van der Waals surface area contributed by atoms with Gasteiger partial charge in [-0.1, -0.05) is 443 Å². The van der Waals surface area contributed by atoms with Crippen molar-refractivity contribution in [3.8, 4) is 11.1 Å². The van der Waals surface area contributed by atoms with Crippen molar-refractivity contribution in [2.24, 2.45) is 0 Å². The third-order valence-electron chi connectivity index (χ3n) is 17.2. The van der Waals surface area contributed by atoms with E-state index in [4.69, 9.17) is 18.9 Å². The molecule has 0 aliphatic heterocycles. The molecule has 0 fully saturated rings. The molecule has 15 aromatic rings. The lowest BCUT2D eigenvalue weighted by Crippen LogP contribution is -2.30. The molecule has 0 heterocycles. The predicted octanol–water partition coefficient (Wildman–Crippen LogP) is 16.6. The van der Waals surface area contributed by atoms with Crippen LogP contribution >= 0.6 is 31.7 Å². The van der Waals surface area contributed by atoms with E-state index in [1.54, 1.807) is 12.1 Å². The van der Waals surface area contributed by atoms with Crippen molar-refractivity contribution >= 4 is 139 Å². The van der Waals surface area contributed by atoms with Gasteiger partial charge in [0.1, 0.15) is 0 Å². The van der Waals surface area contributed by atoms with Gasteiger partial charge in [0.25, 0.3) is 18.8 Å². The molecule has 0 saturated carbocycles. The quantitative estimate of drug-likeness (QED) is 0.0590. The number of hydrogen-bond acceptors (Lipinski definition) is 4. The first kappa shape index (κ1) is 80.3. The summed E-state index contributed by atoms with van der Waals surface area (Å²) in [4.78, 5) is 0. The third-order valence-corrected chi connectivity index (χ3v) is 27.7. The predicted molar refractivity (Wildman–Crippen MR) is 478 cm³/mol. The van der Waals surface area contributed by atoms with Gasteiger partial charge in [0.2, 0.25) is 0 Å². The number of hydrogen-bond donors (Lipinski definition) is 2. The number of aryl methyl sites for hydroxylation is 3. The standard InChI is InChI=1S/4C18H15P.C16H17OSi.C9H12BO3Si/c4*1-4-10-16(11-5-1)19(17-12-6-2-7-13-17)18-14-8-3-9-15-18;1-12-5-4-6-14(9-12)15-7-8-16(11-17-18-3)13(2)10-15;1-7-5-9(10(11)12)4-3-8(7)6-13-14-2/h4*1-15H;4-10H,3,11H2,1-2H3;3-5,11-12H,2,6H2,1H3. The van der Waals surface area contributed by atoms with Gasteiger partial charge in [0.05, 0.1) is 13.2 Å². The normalized spacial score (nSPS) is 10.4. The van der Waals surface area contributed by atoms with Crippen molar-refractivity contribution in [2.45, 2.75) is 34.0 Å². The SMILES string of the molecule is C=[Si]OCc1ccc(-c2cccc(C)c2)cc1C.C=[Si]OCc1ccc(B(O)O)cc1C.c1ccc(P(c2ccccc2)c2ccccc2)cc1.c1ccc(P(c2ccccc2)c2ccccc2)cc1.c1ccc(P(c2ccccc2)c2ccccc2)cc1.c1ccc(P(c2ccccc2)c2ccccc2)cc1. The lowest BCUT2D eigenvalue weighted by atomic mass is 9.79. The molecule has 0 aliphatic carbocycles. The summed E-state index contributed by atoms with van der Waals surface area (Å²) in [5.41, 5.74) is 8.87. The van der Waals surface area contributed by atoms with Crippen LogP contribution in [0.15, 0.2) is 425 Å². The molecule has 15 aromatic carbocycles. The minimum absolute atomic E-state index is 0.223. The van der Waals surface area contributed by atoms with Crippen molar-refractivity contribution in [3.63, 3.8) is 0 Å². The first-order chi connectivity index (χ1) is 53.1. The molecule has 0 saturated heterocycles. The van der Waals surface area contributed by atoms with Crippen molar-refractivity contribution in [1.29, 1.82) is 0 Å². The van der Waals surface area contributed by atoms with Crippen LogP contribution in [0.2, 0.25) is 0 Å². The Kier molecular flexibility index (Phi) is 33.3. The van der Waals surface area contributed by atoms with E-state index in [0.717, 1.165) is 11.1 Å². The molecule has 2 N–H and O–H groups in total. The summed E-state index contributed by atoms with van der Waals surface area (Å²) >= 11 is 0. The molecule has 15 rings (SSSR count). The molecule has 2 radical (unpaired) electrons. The van der Waals surface area contributed by atoms with Crippen LogP contribution in [0.1, 0.15) is 27.8 Å². The Morgan fingerprint density at radius 1 is 0.250 bits per heavy atom. The summed E-state index contributed by atoms with van der Waals surface area (Å²) in [6, 6.07) is 150. The van der Waals surface area contributed by atoms with E-state index >= 15 is 0 Å². The molecule has 0 amide bonds. The highest BCUT2D eigenvalue weighted by Gasteiger charge is 2.20. The minimum Gasteiger partial charge on any atom is -0.544 e. The summed E-state index contributed by atoms with van der Waals surface area (Å²) in [6.07, 6.45) is 7.31. The molecule has 4 nitrogen and oxygen atoms in total. The Morgan fingerprint density at radius 3 is 0.657 bits per heavy atom. The largest absolute Gasteiger partial charge is 0.544 e. The van der Waals surface area contributed by atoms with Gasteiger partial charge in [-0.2, -0.15) is 0 Å². The van der Waals surface area contributed by atoms with Gasteiger partial charge in [0.15, 0.2) is 0 Å². The second-order valence-corrected chi connectivity index (χ2v) is 34.8.